The standard InChI is InChI=1S/C7H13NO3/c1-5(2)6(10)7(8,11)3-4-9/h9,11H,1,3-4,8H2,2H3. The van der Waals surface area contributed by atoms with E-state index in [0.29, 0.717) is 0 Å². The Morgan fingerprint density at radius 2 is 2.18 bits per heavy atom. The number of carbonyl (C=O) groups excluding carboxylic acids is 1. The predicted octanol–water partition coefficient (Wildman–Crippen LogP) is -0.839. The van der Waals surface area contributed by atoms with Gasteiger partial charge in [-0.15, -0.1) is 0 Å². The molecule has 0 spiro atoms. The molecule has 4 N–H and O–H groups in total. The summed E-state index contributed by atoms with van der Waals surface area (Å²) in [5.41, 5.74) is 3.38. The molecule has 0 radical (unpaired) electrons. The van der Waals surface area contributed by atoms with Crippen LogP contribution in [0, 0.1) is 0 Å². The lowest BCUT2D eigenvalue weighted by molar-refractivity contribution is -0.134. The molecule has 0 aromatic carbocycles. The van der Waals surface area contributed by atoms with Gasteiger partial charge in [-0.25, -0.2) is 0 Å². The maximum atomic E-state index is 11.0. The van der Waals surface area contributed by atoms with E-state index < -0.39 is 11.5 Å². The highest BCUT2D eigenvalue weighted by Gasteiger charge is 2.30. The fourth-order valence-corrected chi connectivity index (χ4v) is 0.654. The molecule has 0 amide bonds. The van der Waals surface area contributed by atoms with E-state index in [0.717, 1.165) is 0 Å². The van der Waals surface area contributed by atoms with Crippen LogP contribution in [0.25, 0.3) is 0 Å². The highest BCUT2D eigenvalue weighted by atomic mass is 16.3. The molecule has 0 aromatic heterocycles. The van der Waals surface area contributed by atoms with Crippen molar-refractivity contribution in [3.63, 3.8) is 0 Å². The average Bonchev–Trinajstić information content (AvgIpc) is 1.86. The first-order valence-electron chi connectivity index (χ1n) is 3.24. The summed E-state index contributed by atoms with van der Waals surface area (Å²) in [6.45, 7) is 4.46. The van der Waals surface area contributed by atoms with Gasteiger partial charge in [0.1, 0.15) is 0 Å². The van der Waals surface area contributed by atoms with Gasteiger partial charge in [0.25, 0.3) is 0 Å². The van der Waals surface area contributed by atoms with Crippen LogP contribution in [0.2, 0.25) is 0 Å². The molecule has 11 heavy (non-hydrogen) atoms. The zero-order valence-corrected chi connectivity index (χ0v) is 6.50. The van der Waals surface area contributed by atoms with E-state index in [1.165, 1.54) is 6.92 Å². The van der Waals surface area contributed by atoms with Gasteiger partial charge in [0, 0.05) is 13.0 Å². The third-order valence-electron chi connectivity index (χ3n) is 1.27. The summed E-state index contributed by atoms with van der Waals surface area (Å²) in [5, 5.41) is 17.6. The minimum absolute atomic E-state index is 0.168. The Morgan fingerprint density at radius 1 is 1.73 bits per heavy atom. The van der Waals surface area contributed by atoms with Crippen LogP contribution < -0.4 is 5.73 Å². The van der Waals surface area contributed by atoms with Crippen molar-refractivity contribution in [1.82, 2.24) is 0 Å². The van der Waals surface area contributed by atoms with Gasteiger partial charge in [-0.2, -0.15) is 0 Å². The minimum atomic E-state index is -1.96. The Hall–Kier alpha value is -0.710. The zero-order valence-electron chi connectivity index (χ0n) is 6.50. The molecule has 0 heterocycles. The van der Waals surface area contributed by atoms with E-state index in [-0.39, 0.29) is 18.6 Å². The summed E-state index contributed by atoms with van der Waals surface area (Å²) >= 11 is 0. The van der Waals surface area contributed by atoms with Gasteiger partial charge < -0.3 is 10.2 Å². The van der Waals surface area contributed by atoms with Crippen molar-refractivity contribution in [2.24, 2.45) is 5.73 Å². The van der Waals surface area contributed by atoms with Crippen molar-refractivity contribution < 1.29 is 15.0 Å². The van der Waals surface area contributed by atoms with Gasteiger partial charge in [0.05, 0.1) is 0 Å². The molecule has 0 aliphatic heterocycles. The molecule has 0 saturated carbocycles. The molecule has 0 fully saturated rings. The summed E-state index contributed by atoms with van der Waals surface area (Å²) < 4.78 is 0. The van der Waals surface area contributed by atoms with E-state index in [2.05, 4.69) is 6.58 Å². The first-order valence-corrected chi connectivity index (χ1v) is 3.24. The molecule has 0 aromatic rings. The van der Waals surface area contributed by atoms with E-state index in [1.807, 2.05) is 0 Å². The van der Waals surface area contributed by atoms with Crippen LogP contribution in [-0.4, -0.2) is 28.3 Å². The van der Waals surface area contributed by atoms with Gasteiger partial charge in [-0.3, -0.25) is 10.5 Å². The Morgan fingerprint density at radius 3 is 2.45 bits per heavy atom. The zero-order chi connectivity index (χ0) is 9.07. The van der Waals surface area contributed by atoms with Gasteiger partial charge >= 0.3 is 0 Å². The average molecular weight is 159 g/mol. The number of carbonyl (C=O) groups is 1. The number of aliphatic hydroxyl groups excluding tert-OH is 1. The molecule has 4 nitrogen and oxygen atoms in total. The number of nitrogens with two attached hydrogens (primary N) is 1. The van der Waals surface area contributed by atoms with Crippen molar-refractivity contribution in [2.75, 3.05) is 6.61 Å². The molecule has 1 unspecified atom stereocenters. The number of Topliss-reactive ketones (excluding diaryl/α,β-unsaturated/α-hetero) is 1. The van der Waals surface area contributed by atoms with Gasteiger partial charge in [0.15, 0.2) is 5.72 Å². The smallest absolute Gasteiger partial charge is 0.204 e. The summed E-state index contributed by atoms with van der Waals surface area (Å²) in [6.07, 6.45) is -0.168. The number of aliphatic hydroxyl groups is 2. The van der Waals surface area contributed by atoms with Crippen LogP contribution in [0.1, 0.15) is 13.3 Å². The summed E-state index contributed by atoms with van der Waals surface area (Å²) in [5.74, 6) is -0.633. The van der Waals surface area contributed by atoms with Crippen LogP contribution in [0.4, 0.5) is 0 Å². The summed E-state index contributed by atoms with van der Waals surface area (Å²) in [7, 11) is 0. The van der Waals surface area contributed by atoms with Crippen molar-refractivity contribution in [2.45, 2.75) is 19.1 Å². The second kappa shape index (κ2) is 3.61. The Bertz CT molecular complexity index is 175. The topological polar surface area (TPSA) is 83.6 Å². The van der Waals surface area contributed by atoms with E-state index in [1.54, 1.807) is 0 Å². The van der Waals surface area contributed by atoms with Crippen LogP contribution in [0.5, 0.6) is 0 Å². The fourth-order valence-electron chi connectivity index (χ4n) is 0.654. The lowest BCUT2D eigenvalue weighted by atomic mass is 10.0. The second-order valence-electron chi connectivity index (χ2n) is 2.51. The molecule has 0 bridgehead atoms. The van der Waals surface area contributed by atoms with Crippen LogP contribution in [-0.2, 0) is 4.79 Å². The lowest BCUT2D eigenvalue weighted by Crippen LogP contribution is -2.48. The first kappa shape index (κ1) is 10.3. The molecule has 0 saturated heterocycles. The number of rotatable bonds is 4. The maximum absolute atomic E-state index is 11.0. The normalized spacial score (nSPS) is 15.6. The van der Waals surface area contributed by atoms with Crippen LogP contribution in [0.15, 0.2) is 12.2 Å². The minimum Gasteiger partial charge on any atom is -0.396 e. The molecular weight excluding hydrogens is 146 g/mol. The predicted molar refractivity (Wildman–Crippen MR) is 40.7 cm³/mol. The highest BCUT2D eigenvalue weighted by Crippen LogP contribution is 2.08. The Kier molecular flexibility index (Phi) is 3.38. The number of hydrogen-bond donors (Lipinski definition) is 3. The van der Waals surface area contributed by atoms with E-state index in [4.69, 9.17) is 15.9 Å². The third-order valence-corrected chi connectivity index (χ3v) is 1.27. The SMILES string of the molecule is C=C(C)C(=O)C(N)(O)CCO. The first-order chi connectivity index (χ1) is 4.91. The van der Waals surface area contributed by atoms with Crippen molar-refractivity contribution in [3.05, 3.63) is 12.2 Å². The Labute approximate surface area is 65.3 Å². The third kappa shape index (κ3) is 2.80. The second-order valence-corrected chi connectivity index (χ2v) is 2.51. The maximum Gasteiger partial charge on any atom is 0.204 e. The monoisotopic (exact) mass is 159 g/mol. The van der Waals surface area contributed by atoms with Gasteiger partial charge in [-0.1, -0.05) is 6.58 Å². The van der Waals surface area contributed by atoms with Gasteiger partial charge in [-0.05, 0) is 12.5 Å². The quantitative estimate of drug-likeness (QED) is 0.369. The van der Waals surface area contributed by atoms with E-state index in [9.17, 15) is 4.79 Å². The van der Waals surface area contributed by atoms with Crippen molar-refractivity contribution in [1.29, 1.82) is 0 Å². The van der Waals surface area contributed by atoms with Gasteiger partial charge in [0.2, 0.25) is 5.78 Å². The van der Waals surface area contributed by atoms with E-state index >= 15 is 0 Å². The highest BCUT2D eigenvalue weighted by molar-refractivity contribution is 6.00. The van der Waals surface area contributed by atoms with Crippen LogP contribution >= 0.6 is 0 Å². The molecular formula is C7H13NO3. The molecule has 0 aliphatic carbocycles. The summed E-state index contributed by atoms with van der Waals surface area (Å²) in [6, 6.07) is 0. The number of ketones is 1. The molecule has 4 heteroatoms. The fraction of sp³-hybridized carbons (Fsp3) is 0.571. The molecule has 0 rings (SSSR count). The lowest BCUT2D eigenvalue weighted by Gasteiger charge is -2.19. The molecule has 1 atom stereocenters. The molecule has 0 aliphatic rings. The Balaban J connectivity index is 4.29. The summed E-state index contributed by atoms with van der Waals surface area (Å²) in [4.78, 5) is 11.0. The largest absolute Gasteiger partial charge is 0.396 e. The number of hydrogen-bond acceptors (Lipinski definition) is 4. The molecule has 64 valence electrons. The van der Waals surface area contributed by atoms with Crippen molar-refractivity contribution in [3.8, 4) is 0 Å². The van der Waals surface area contributed by atoms with Crippen molar-refractivity contribution >= 4 is 5.78 Å². The van der Waals surface area contributed by atoms with Crippen LogP contribution in [0.3, 0.4) is 0 Å².